The zero-order valence-corrected chi connectivity index (χ0v) is 46.8. The van der Waals surface area contributed by atoms with E-state index in [0.717, 1.165) is 101 Å². The average Bonchev–Trinajstić information content (AvgIpc) is 3.30. The van der Waals surface area contributed by atoms with Crippen LogP contribution in [0.25, 0.3) is 69.8 Å². The topological polar surface area (TPSA) is 33.9 Å². The molecule has 0 radical (unpaired) electrons. The fourth-order valence-electron chi connectivity index (χ4n) is 8.14. The maximum Gasteiger partial charge on any atom is 0.335 e. The molecule has 7 aromatic rings. The van der Waals surface area contributed by atoms with Crippen molar-refractivity contribution in [3.63, 3.8) is 0 Å². The third kappa shape index (κ3) is 13.7. The minimum atomic E-state index is -0.100. The molecule has 3 heterocycles. The quantitative estimate of drug-likeness (QED) is 0.135. The van der Waals surface area contributed by atoms with Gasteiger partial charge in [0, 0.05) is 36.4 Å². The van der Waals surface area contributed by atoms with E-state index in [0.29, 0.717) is 0 Å². The van der Waals surface area contributed by atoms with E-state index in [1.54, 1.807) is 0 Å². The minimum Gasteiger partial charge on any atom is -0.217 e. The van der Waals surface area contributed by atoms with Crippen molar-refractivity contribution in [3.8, 4) is 33.4 Å². The van der Waals surface area contributed by atoms with Crippen molar-refractivity contribution in [3.05, 3.63) is 195 Å². The summed E-state index contributed by atoms with van der Waals surface area (Å²) in [7, 11) is 0. The Morgan fingerprint density at radius 1 is 0.208 bits per heavy atom. The smallest absolute Gasteiger partial charge is 0.217 e. The van der Waals surface area contributed by atoms with Crippen LogP contribution in [0.15, 0.2) is 141 Å². The summed E-state index contributed by atoms with van der Waals surface area (Å²) >= 11 is 0. The first-order chi connectivity index (χ1) is 33.4. The molecule has 0 unspecified atom stereocenters. The lowest BCUT2D eigenvalue weighted by molar-refractivity contribution is 0.328. The van der Waals surface area contributed by atoms with Crippen LogP contribution in [0.3, 0.4) is 0 Å². The molecule has 7 rings (SSSR count). The van der Waals surface area contributed by atoms with Crippen LogP contribution in [0.4, 0.5) is 0 Å². The second-order valence-corrected chi connectivity index (χ2v) is 26.0. The molecular formula is C69H81O3+3. The fourth-order valence-corrected chi connectivity index (χ4v) is 8.14. The number of benzene rings is 4. The highest BCUT2D eigenvalue weighted by molar-refractivity contribution is 5.83. The van der Waals surface area contributed by atoms with E-state index >= 15 is 0 Å². The van der Waals surface area contributed by atoms with E-state index in [1.165, 1.54) is 0 Å². The normalized spacial score (nSPS) is 13.2. The van der Waals surface area contributed by atoms with Crippen LogP contribution in [-0.2, 0) is 32.5 Å². The van der Waals surface area contributed by atoms with E-state index in [-0.39, 0.29) is 32.5 Å². The van der Waals surface area contributed by atoms with Crippen molar-refractivity contribution in [2.24, 2.45) is 0 Å². The fraction of sp³-hybridized carbons (Fsp3) is 0.348. The van der Waals surface area contributed by atoms with Gasteiger partial charge in [-0.15, -0.1) is 0 Å². The summed E-state index contributed by atoms with van der Waals surface area (Å²) in [6, 6.07) is 46.8. The number of rotatable bonds is 9. The molecule has 0 aliphatic heterocycles. The molecule has 0 saturated heterocycles. The van der Waals surface area contributed by atoms with Gasteiger partial charge in [0.15, 0.2) is 0 Å². The molecule has 3 aromatic heterocycles. The van der Waals surface area contributed by atoms with Gasteiger partial charge in [-0.25, -0.2) is 13.3 Å². The van der Waals surface area contributed by atoms with E-state index in [1.807, 2.05) is 0 Å². The van der Waals surface area contributed by atoms with Gasteiger partial charge in [0.2, 0.25) is 0 Å². The van der Waals surface area contributed by atoms with Gasteiger partial charge in [-0.1, -0.05) is 109 Å². The van der Waals surface area contributed by atoms with Gasteiger partial charge in [0.25, 0.3) is 0 Å². The molecule has 0 saturated carbocycles. The SMILES string of the molecule is CC(C)(C)c1cc(/C=C/c2ccc(-c3cc(-c4ccc(/C=C/c5cc(C(C)(C)C)[o+]c(C(C)(C)C)c5)cc4)cc(-c4ccc(/C=C/c5cc(C(C)(C)C)[o+]c(C(C)(C)C)c5)cc4)c3)cc2)cc(C(C)(C)C)[o+]1. The molecule has 0 N–H and O–H groups in total. The van der Waals surface area contributed by atoms with Gasteiger partial charge in [0.05, 0.1) is 32.5 Å². The summed E-state index contributed by atoms with van der Waals surface area (Å²) < 4.78 is 19.3. The Hall–Kier alpha value is -6.45. The van der Waals surface area contributed by atoms with Crippen molar-refractivity contribution >= 4 is 36.5 Å². The number of hydrogen-bond donors (Lipinski definition) is 0. The van der Waals surface area contributed by atoms with Crippen LogP contribution in [-0.4, -0.2) is 0 Å². The van der Waals surface area contributed by atoms with Gasteiger partial charge in [-0.05, 0) is 210 Å². The van der Waals surface area contributed by atoms with Crippen LogP contribution in [0.5, 0.6) is 0 Å². The Morgan fingerprint density at radius 3 is 0.542 bits per heavy atom. The van der Waals surface area contributed by atoms with Crippen LogP contribution >= 0.6 is 0 Å². The predicted molar refractivity (Wildman–Crippen MR) is 311 cm³/mol. The molecule has 0 aliphatic carbocycles. The first-order valence-electron chi connectivity index (χ1n) is 25.9. The van der Waals surface area contributed by atoms with Crippen LogP contribution in [0.1, 0.15) is 193 Å². The lowest BCUT2D eigenvalue weighted by Crippen LogP contribution is -2.16. The molecule has 372 valence electrons. The molecular weight excluding hydrogens is 877 g/mol. The van der Waals surface area contributed by atoms with Crippen molar-refractivity contribution in [2.75, 3.05) is 0 Å². The van der Waals surface area contributed by atoms with Gasteiger partial charge in [0.1, 0.15) is 0 Å². The van der Waals surface area contributed by atoms with Crippen LogP contribution in [0.2, 0.25) is 0 Å². The van der Waals surface area contributed by atoms with Gasteiger partial charge in [-0.3, -0.25) is 0 Å². The van der Waals surface area contributed by atoms with Crippen molar-refractivity contribution in [1.82, 2.24) is 0 Å². The minimum absolute atomic E-state index is 0.100. The Kier molecular flexibility index (Phi) is 15.0. The second-order valence-electron chi connectivity index (χ2n) is 26.0. The molecule has 3 heteroatoms. The van der Waals surface area contributed by atoms with Crippen molar-refractivity contribution in [1.29, 1.82) is 0 Å². The molecule has 0 aliphatic rings. The highest BCUT2D eigenvalue weighted by Gasteiger charge is 2.36. The standard InChI is InChI=1S/C69H81O3/c1-64(2,3)58-37-49(38-59(70-58)65(4,5)6)22-19-46-25-31-52(32-26-46)55-43-56(53-33-27-47(28-34-53)20-23-50-39-60(66(7,8)9)71-61(40-50)67(10,11)12)45-57(44-55)54-35-29-48(30-36-54)21-24-51-41-62(68(13,14)15)72-63(42-51)69(16,17)18/h19-45H,1-18H3/q+3/b22-19+,23-20+,24-21+. The second kappa shape index (κ2) is 20.2. The maximum absolute atomic E-state index is 6.42. The van der Waals surface area contributed by atoms with Crippen LogP contribution < -0.4 is 0 Å². The summed E-state index contributed by atoms with van der Waals surface area (Å²) in [5.41, 5.74) is 13.2. The molecule has 0 atom stereocenters. The zero-order valence-electron chi connectivity index (χ0n) is 46.8. The Bertz CT molecular complexity index is 2660. The van der Waals surface area contributed by atoms with Crippen LogP contribution in [0, 0.1) is 0 Å². The lowest BCUT2D eigenvalue weighted by atomic mass is 9.88. The monoisotopic (exact) mass is 958 g/mol. The first kappa shape index (κ1) is 53.4. The maximum atomic E-state index is 6.42. The van der Waals surface area contributed by atoms with Crippen molar-refractivity contribution in [2.45, 2.75) is 157 Å². The molecule has 0 fully saturated rings. The zero-order chi connectivity index (χ0) is 52.6. The summed E-state index contributed by atoms with van der Waals surface area (Å²) in [4.78, 5) is 0. The molecule has 0 spiro atoms. The molecule has 0 amide bonds. The molecule has 0 bridgehead atoms. The molecule has 4 aromatic carbocycles. The largest absolute Gasteiger partial charge is 0.335 e. The Balaban J connectivity index is 1.22. The third-order valence-electron chi connectivity index (χ3n) is 13.0. The highest BCUT2D eigenvalue weighted by Crippen LogP contribution is 2.37. The summed E-state index contributed by atoms with van der Waals surface area (Å²) in [5.74, 6) is 5.91. The van der Waals surface area contributed by atoms with Gasteiger partial charge < -0.3 is 0 Å². The van der Waals surface area contributed by atoms with E-state index < -0.39 is 0 Å². The van der Waals surface area contributed by atoms with E-state index in [9.17, 15) is 0 Å². The lowest BCUT2D eigenvalue weighted by Gasteiger charge is -2.14. The molecule has 72 heavy (non-hydrogen) atoms. The Labute approximate surface area is 433 Å². The highest BCUT2D eigenvalue weighted by atomic mass is 16.3. The van der Waals surface area contributed by atoms with Crippen molar-refractivity contribution < 1.29 is 13.3 Å². The summed E-state index contributed by atoms with van der Waals surface area (Å²) in [6.45, 7) is 39.6. The van der Waals surface area contributed by atoms with E-state index in [4.69, 9.17) is 13.3 Å². The molecule has 3 nitrogen and oxygen atoms in total. The summed E-state index contributed by atoms with van der Waals surface area (Å²) in [5, 5.41) is 0. The average molecular weight is 958 g/mol. The number of hydrogen-bond acceptors (Lipinski definition) is 0. The first-order valence-corrected chi connectivity index (χ1v) is 25.9. The summed E-state index contributed by atoms with van der Waals surface area (Å²) in [6.07, 6.45) is 13.2. The Morgan fingerprint density at radius 2 is 0.375 bits per heavy atom. The van der Waals surface area contributed by atoms with E-state index in [2.05, 4.69) is 288 Å². The van der Waals surface area contributed by atoms with Gasteiger partial charge >= 0.3 is 34.6 Å². The van der Waals surface area contributed by atoms with Gasteiger partial charge in [-0.2, -0.15) is 0 Å². The third-order valence-corrected chi connectivity index (χ3v) is 13.0. The predicted octanol–water partition coefficient (Wildman–Crippen LogP) is 20.6.